The highest BCUT2D eigenvalue weighted by atomic mass is 79.9. The SMILES string of the molecule is N[C@H]1C=NC(c2cc(Br)ccc2F)(C(F)F)CO1. The predicted molar refractivity (Wildman–Crippen MR) is 64.2 cm³/mol. The first-order valence-electron chi connectivity index (χ1n) is 5.12. The molecule has 2 atom stereocenters. The molecule has 1 aliphatic rings. The minimum absolute atomic E-state index is 0.213. The molecule has 2 rings (SSSR count). The lowest BCUT2D eigenvalue weighted by Crippen LogP contribution is -2.46. The number of hydrogen-bond acceptors (Lipinski definition) is 3. The first-order valence-corrected chi connectivity index (χ1v) is 5.91. The minimum Gasteiger partial charge on any atom is -0.355 e. The van der Waals surface area contributed by atoms with Gasteiger partial charge in [-0.2, -0.15) is 0 Å². The molecule has 1 heterocycles. The Kier molecular flexibility index (Phi) is 3.74. The average molecular weight is 323 g/mol. The van der Waals surface area contributed by atoms with Crippen LogP contribution in [0.25, 0.3) is 0 Å². The summed E-state index contributed by atoms with van der Waals surface area (Å²) in [5.41, 5.74) is 3.13. The van der Waals surface area contributed by atoms with Gasteiger partial charge in [-0.15, -0.1) is 0 Å². The monoisotopic (exact) mass is 322 g/mol. The Morgan fingerprint density at radius 2 is 2.22 bits per heavy atom. The summed E-state index contributed by atoms with van der Waals surface area (Å²) in [7, 11) is 0. The highest BCUT2D eigenvalue weighted by Gasteiger charge is 2.46. The normalized spacial score (nSPS) is 27.8. The van der Waals surface area contributed by atoms with Gasteiger partial charge in [0.1, 0.15) is 12.0 Å². The van der Waals surface area contributed by atoms with Crippen LogP contribution in [0.1, 0.15) is 5.56 Å². The van der Waals surface area contributed by atoms with Gasteiger partial charge in [-0.1, -0.05) is 15.9 Å². The van der Waals surface area contributed by atoms with Crippen LogP contribution in [-0.2, 0) is 10.3 Å². The van der Waals surface area contributed by atoms with Crippen LogP contribution in [0, 0.1) is 5.82 Å². The van der Waals surface area contributed by atoms with Crippen LogP contribution in [0.2, 0.25) is 0 Å². The van der Waals surface area contributed by atoms with Gasteiger partial charge < -0.3 is 10.5 Å². The zero-order chi connectivity index (χ0) is 13.3. The van der Waals surface area contributed by atoms with E-state index in [4.69, 9.17) is 10.5 Å². The summed E-state index contributed by atoms with van der Waals surface area (Å²) in [5, 5.41) is 0. The van der Waals surface area contributed by atoms with E-state index in [0.29, 0.717) is 4.47 Å². The van der Waals surface area contributed by atoms with Crippen LogP contribution in [0.5, 0.6) is 0 Å². The van der Waals surface area contributed by atoms with Gasteiger partial charge in [0, 0.05) is 16.3 Å². The lowest BCUT2D eigenvalue weighted by atomic mass is 9.90. The number of rotatable bonds is 2. The molecule has 3 nitrogen and oxygen atoms in total. The maximum atomic E-state index is 13.7. The Labute approximate surface area is 110 Å². The van der Waals surface area contributed by atoms with E-state index in [-0.39, 0.29) is 5.56 Å². The number of nitrogens with two attached hydrogens (primary N) is 1. The third-order valence-electron chi connectivity index (χ3n) is 2.70. The third kappa shape index (κ3) is 2.30. The summed E-state index contributed by atoms with van der Waals surface area (Å²) >= 11 is 3.12. The summed E-state index contributed by atoms with van der Waals surface area (Å²) in [4.78, 5) is 3.73. The van der Waals surface area contributed by atoms with Crippen LogP contribution in [0.15, 0.2) is 27.7 Å². The van der Waals surface area contributed by atoms with E-state index in [1.807, 2.05) is 0 Å². The number of halogens is 4. The number of hydrogen-bond donors (Lipinski definition) is 1. The molecule has 98 valence electrons. The van der Waals surface area contributed by atoms with Crippen molar-refractivity contribution in [1.82, 2.24) is 0 Å². The molecule has 0 aromatic heterocycles. The van der Waals surface area contributed by atoms with Crippen molar-refractivity contribution >= 4 is 22.1 Å². The summed E-state index contributed by atoms with van der Waals surface area (Å²) in [5.74, 6) is -0.755. The van der Waals surface area contributed by atoms with Gasteiger partial charge >= 0.3 is 0 Å². The number of ether oxygens (including phenoxy) is 1. The molecular formula is C11H10BrF3N2O. The quantitative estimate of drug-likeness (QED) is 0.909. The zero-order valence-corrected chi connectivity index (χ0v) is 10.7. The molecule has 18 heavy (non-hydrogen) atoms. The summed E-state index contributed by atoms with van der Waals surface area (Å²) in [6.45, 7) is -0.463. The number of aliphatic imine (C=N–C) groups is 1. The average Bonchev–Trinajstić information content (AvgIpc) is 2.33. The van der Waals surface area contributed by atoms with Gasteiger partial charge in [-0.25, -0.2) is 13.2 Å². The van der Waals surface area contributed by atoms with Gasteiger partial charge in [0.25, 0.3) is 6.43 Å². The Bertz CT molecular complexity index is 483. The lowest BCUT2D eigenvalue weighted by molar-refractivity contribution is -0.0339. The van der Waals surface area contributed by atoms with Gasteiger partial charge in [-0.05, 0) is 18.2 Å². The summed E-state index contributed by atoms with van der Waals surface area (Å²) in [6, 6.07) is 3.81. The first-order chi connectivity index (χ1) is 8.45. The van der Waals surface area contributed by atoms with Crippen LogP contribution in [-0.4, -0.2) is 25.5 Å². The molecule has 1 aliphatic heterocycles. The Morgan fingerprint density at radius 3 is 2.78 bits per heavy atom. The standard InChI is InChI=1S/C11H10BrF3N2O/c12-6-1-2-8(13)7(3-6)11(10(14)15)5-18-9(16)4-17-11/h1-4,9-10H,5,16H2/t9-,11?/m1/s1. The molecule has 0 amide bonds. The summed E-state index contributed by atoms with van der Waals surface area (Å²) < 4.78 is 45.8. The minimum atomic E-state index is -2.90. The number of alkyl halides is 2. The van der Waals surface area contributed by atoms with Crippen LogP contribution in [0.3, 0.4) is 0 Å². The molecule has 0 radical (unpaired) electrons. The fourth-order valence-corrected chi connectivity index (χ4v) is 2.08. The number of nitrogens with zero attached hydrogens (tertiary/aromatic N) is 1. The Balaban J connectivity index is 2.55. The molecule has 1 aromatic rings. The van der Waals surface area contributed by atoms with Crippen molar-refractivity contribution in [2.24, 2.45) is 10.7 Å². The summed E-state index contributed by atoms with van der Waals surface area (Å²) in [6.07, 6.45) is -2.67. The molecule has 7 heteroatoms. The smallest absolute Gasteiger partial charge is 0.269 e. The predicted octanol–water partition coefficient (Wildman–Crippen LogP) is 2.43. The highest BCUT2D eigenvalue weighted by molar-refractivity contribution is 9.10. The Hall–Kier alpha value is -0.920. The molecule has 1 aromatic carbocycles. The second kappa shape index (κ2) is 4.99. The van der Waals surface area contributed by atoms with Gasteiger partial charge in [-0.3, -0.25) is 4.99 Å². The van der Waals surface area contributed by atoms with E-state index in [9.17, 15) is 13.2 Å². The maximum Gasteiger partial charge on any atom is 0.269 e. The van der Waals surface area contributed by atoms with E-state index in [1.165, 1.54) is 12.1 Å². The highest BCUT2D eigenvalue weighted by Crippen LogP contribution is 2.37. The van der Waals surface area contributed by atoms with Crippen LogP contribution < -0.4 is 5.73 Å². The van der Waals surface area contributed by atoms with E-state index in [2.05, 4.69) is 20.9 Å². The lowest BCUT2D eigenvalue weighted by Gasteiger charge is -2.33. The van der Waals surface area contributed by atoms with E-state index >= 15 is 0 Å². The van der Waals surface area contributed by atoms with E-state index in [1.54, 1.807) is 0 Å². The molecular weight excluding hydrogens is 313 g/mol. The molecule has 0 aliphatic carbocycles. The van der Waals surface area contributed by atoms with Crippen molar-refractivity contribution in [2.75, 3.05) is 6.61 Å². The van der Waals surface area contributed by atoms with Crippen molar-refractivity contribution in [1.29, 1.82) is 0 Å². The number of benzene rings is 1. The molecule has 2 N–H and O–H groups in total. The molecule has 0 bridgehead atoms. The fraction of sp³-hybridized carbons (Fsp3) is 0.364. The third-order valence-corrected chi connectivity index (χ3v) is 3.20. The maximum absolute atomic E-state index is 13.7. The van der Waals surface area contributed by atoms with Crippen molar-refractivity contribution < 1.29 is 17.9 Å². The molecule has 0 spiro atoms. The van der Waals surface area contributed by atoms with Gasteiger partial charge in [0.15, 0.2) is 5.54 Å². The zero-order valence-electron chi connectivity index (χ0n) is 9.12. The van der Waals surface area contributed by atoms with Crippen molar-refractivity contribution in [2.45, 2.75) is 18.2 Å². The molecule has 0 saturated carbocycles. The molecule has 0 saturated heterocycles. The van der Waals surface area contributed by atoms with Crippen LogP contribution in [0.4, 0.5) is 13.2 Å². The second-order valence-corrected chi connectivity index (χ2v) is 4.82. The molecule has 1 unspecified atom stereocenters. The fourth-order valence-electron chi connectivity index (χ4n) is 1.72. The topological polar surface area (TPSA) is 47.6 Å². The van der Waals surface area contributed by atoms with E-state index < -0.39 is 30.6 Å². The van der Waals surface area contributed by atoms with E-state index in [0.717, 1.165) is 12.3 Å². The second-order valence-electron chi connectivity index (χ2n) is 3.90. The molecule has 0 fully saturated rings. The van der Waals surface area contributed by atoms with Gasteiger partial charge in [0.2, 0.25) is 0 Å². The first kappa shape index (κ1) is 13.5. The van der Waals surface area contributed by atoms with Crippen molar-refractivity contribution in [3.05, 3.63) is 34.1 Å². The van der Waals surface area contributed by atoms with Crippen molar-refractivity contribution in [3.8, 4) is 0 Å². The Morgan fingerprint density at radius 1 is 1.50 bits per heavy atom. The van der Waals surface area contributed by atoms with Crippen molar-refractivity contribution in [3.63, 3.8) is 0 Å². The van der Waals surface area contributed by atoms with Gasteiger partial charge in [0.05, 0.1) is 6.61 Å². The van der Waals surface area contributed by atoms with Crippen LogP contribution >= 0.6 is 15.9 Å². The largest absolute Gasteiger partial charge is 0.355 e.